The molecular formula is C15H13N3O2. The fourth-order valence-electron chi connectivity index (χ4n) is 1.89. The number of hydrogen-bond acceptors (Lipinski definition) is 3. The van der Waals surface area contributed by atoms with Crippen molar-refractivity contribution in [1.29, 1.82) is 0 Å². The molecule has 1 aromatic carbocycles. The third kappa shape index (κ3) is 2.61. The number of benzene rings is 1. The van der Waals surface area contributed by atoms with Gasteiger partial charge in [-0.3, -0.25) is 9.72 Å². The summed E-state index contributed by atoms with van der Waals surface area (Å²) in [7, 11) is 0. The highest BCUT2D eigenvalue weighted by Gasteiger charge is 2.08. The number of imidazole rings is 1. The van der Waals surface area contributed by atoms with Crippen molar-refractivity contribution < 1.29 is 9.53 Å². The van der Waals surface area contributed by atoms with Crippen LogP contribution in [-0.2, 0) is 11.3 Å². The number of carbonyl (C=O) groups is 1. The van der Waals surface area contributed by atoms with E-state index in [1.165, 1.54) is 0 Å². The van der Waals surface area contributed by atoms with E-state index in [0.29, 0.717) is 5.95 Å². The third-order valence-electron chi connectivity index (χ3n) is 2.87. The molecule has 3 aromatic rings. The number of pyridine rings is 1. The molecular weight excluding hydrogens is 254 g/mol. The summed E-state index contributed by atoms with van der Waals surface area (Å²) < 4.78 is 6.93. The first kappa shape index (κ1) is 12.2. The Bertz CT molecular complexity index is 722. The van der Waals surface area contributed by atoms with Crippen molar-refractivity contribution in [3.05, 3.63) is 66.5 Å². The van der Waals surface area contributed by atoms with Crippen molar-refractivity contribution in [1.82, 2.24) is 9.38 Å². The number of amides is 1. The summed E-state index contributed by atoms with van der Waals surface area (Å²) in [5.41, 5.74) is 1.85. The maximum atomic E-state index is 11.7. The zero-order valence-corrected chi connectivity index (χ0v) is 10.7. The fourth-order valence-corrected chi connectivity index (χ4v) is 1.89. The van der Waals surface area contributed by atoms with Gasteiger partial charge in [0.15, 0.2) is 0 Å². The molecule has 5 nitrogen and oxygen atoms in total. The molecule has 0 spiro atoms. The van der Waals surface area contributed by atoms with E-state index in [4.69, 9.17) is 4.74 Å². The van der Waals surface area contributed by atoms with E-state index >= 15 is 0 Å². The van der Waals surface area contributed by atoms with E-state index in [1.807, 2.05) is 54.7 Å². The molecule has 0 aliphatic carbocycles. The predicted octanol–water partition coefficient (Wildman–Crippen LogP) is 3.08. The van der Waals surface area contributed by atoms with Crippen molar-refractivity contribution in [2.24, 2.45) is 0 Å². The second-order valence-corrected chi connectivity index (χ2v) is 4.26. The second kappa shape index (κ2) is 5.44. The van der Waals surface area contributed by atoms with Crippen LogP contribution in [0.5, 0.6) is 0 Å². The lowest BCUT2D eigenvalue weighted by atomic mass is 10.2. The summed E-state index contributed by atoms with van der Waals surface area (Å²) in [6, 6.07) is 15.2. The first-order valence-corrected chi connectivity index (χ1v) is 6.23. The number of ether oxygens (including phenoxy) is 1. The Labute approximate surface area is 115 Å². The van der Waals surface area contributed by atoms with Crippen LogP contribution in [0.3, 0.4) is 0 Å². The minimum Gasteiger partial charge on any atom is -0.444 e. The van der Waals surface area contributed by atoms with Gasteiger partial charge in [0.25, 0.3) is 0 Å². The number of anilines is 1. The zero-order chi connectivity index (χ0) is 13.8. The van der Waals surface area contributed by atoms with Crippen LogP contribution in [0, 0.1) is 0 Å². The average Bonchev–Trinajstić information content (AvgIpc) is 2.90. The normalized spacial score (nSPS) is 10.4. The smallest absolute Gasteiger partial charge is 0.414 e. The Morgan fingerprint density at radius 3 is 2.80 bits per heavy atom. The van der Waals surface area contributed by atoms with E-state index in [-0.39, 0.29) is 6.61 Å². The Morgan fingerprint density at radius 2 is 1.95 bits per heavy atom. The minimum absolute atomic E-state index is 0.232. The highest BCUT2D eigenvalue weighted by Crippen LogP contribution is 2.11. The quantitative estimate of drug-likeness (QED) is 0.793. The predicted molar refractivity (Wildman–Crippen MR) is 75.4 cm³/mol. The monoisotopic (exact) mass is 267 g/mol. The summed E-state index contributed by atoms with van der Waals surface area (Å²) >= 11 is 0. The van der Waals surface area contributed by atoms with E-state index in [0.717, 1.165) is 11.1 Å². The van der Waals surface area contributed by atoms with E-state index < -0.39 is 6.09 Å². The Hall–Kier alpha value is -2.82. The molecule has 0 saturated carbocycles. The van der Waals surface area contributed by atoms with Gasteiger partial charge in [0.05, 0.1) is 11.7 Å². The molecule has 0 saturated heterocycles. The van der Waals surface area contributed by atoms with E-state index in [9.17, 15) is 4.79 Å². The highest BCUT2D eigenvalue weighted by atomic mass is 16.5. The van der Waals surface area contributed by atoms with Crippen molar-refractivity contribution in [2.45, 2.75) is 6.61 Å². The SMILES string of the molecule is O=C(Nc1ncc2ccccn12)OCc1ccccc1. The first-order valence-electron chi connectivity index (χ1n) is 6.23. The number of nitrogens with zero attached hydrogens (tertiary/aromatic N) is 2. The minimum atomic E-state index is -0.523. The van der Waals surface area contributed by atoms with Gasteiger partial charge < -0.3 is 4.74 Å². The van der Waals surface area contributed by atoms with Gasteiger partial charge in [0, 0.05) is 6.20 Å². The van der Waals surface area contributed by atoms with Gasteiger partial charge in [0.1, 0.15) is 6.61 Å². The number of aromatic nitrogens is 2. The molecule has 0 aliphatic rings. The summed E-state index contributed by atoms with van der Waals surface area (Å²) in [6.07, 6.45) is 2.99. The van der Waals surface area contributed by atoms with Crippen molar-refractivity contribution in [2.75, 3.05) is 5.32 Å². The average molecular weight is 267 g/mol. The van der Waals surface area contributed by atoms with Gasteiger partial charge in [-0.25, -0.2) is 9.78 Å². The molecule has 0 bridgehead atoms. The van der Waals surface area contributed by atoms with Crippen molar-refractivity contribution in [3.63, 3.8) is 0 Å². The lowest BCUT2D eigenvalue weighted by Gasteiger charge is -2.06. The third-order valence-corrected chi connectivity index (χ3v) is 2.87. The van der Waals surface area contributed by atoms with Gasteiger partial charge in [-0.1, -0.05) is 36.4 Å². The Kier molecular flexibility index (Phi) is 3.33. The van der Waals surface area contributed by atoms with E-state index in [1.54, 1.807) is 10.6 Å². The summed E-state index contributed by atoms with van der Waals surface area (Å²) in [5, 5.41) is 2.63. The molecule has 0 radical (unpaired) electrons. The van der Waals surface area contributed by atoms with Gasteiger partial charge in [-0.05, 0) is 17.7 Å². The largest absolute Gasteiger partial charge is 0.444 e. The summed E-state index contributed by atoms with van der Waals surface area (Å²) in [4.78, 5) is 15.9. The van der Waals surface area contributed by atoms with Crippen LogP contribution < -0.4 is 5.32 Å². The van der Waals surface area contributed by atoms with Crippen LogP contribution in [0.4, 0.5) is 10.7 Å². The first-order chi connectivity index (χ1) is 9.83. The number of rotatable bonds is 3. The van der Waals surface area contributed by atoms with Gasteiger partial charge in [-0.2, -0.15) is 0 Å². The standard InChI is InChI=1S/C15H13N3O2/c19-15(20-11-12-6-2-1-3-7-12)17-14-16-10-13-8-4-5-9-18(13)14/h1-10H,11H2,(H,16,17,19). The molecule has 5 heteroatoms. The molecule has 0 aliphatic heterocycles. The molecule has 2 aromatic heterocycles. The fraction of sp³-hybridized carbons (Fsp3) is 0.0667. The van der Waals surface area contributed by atoms with Crippen molar-refractivity contribution in [3.8, 4) is 0 Å². The lowest BCUT2D eigenvalue weighted by molar-refractivity contribution is 0.155. The Morgan fingerprint density at radius 1 is 1.15 bits per heavy atom. The molecule has 1 N–H and O–H groups in total. The van der Waals surface area contributed by atoms with Crippen LogP contribution in [-0.4, -0.2) is 15.5 Å². The summed E-state index contributed by atoms with van der Waals surface area (Å²) in [5.74, 6) is 0.443. The van der Waals surface area contributed by atoms with E-state index in [2.05, 4.69) is 10.3 Å². The number of carbonyl (C=O) groups excluding carboxylic acids is 1. The maximum absolute atomic E-state index is 11.7. The lowest BCUT2D eigenvalue weighted by Crippen LogP contribution is -2.15. The van der Waals surface area contributed by atoms with Crippen molar-refractivity contribution >= 4 is 17.6 Å². The summed E-state index contributed by atoms with van der Waals surface area (Å²) in [6.45, 7) is 0.232. The highest BCUT2D eigenvalue weighted by molar-refractivity contribution is 5.83. The van der Waals surface area contributed by atoms with Gasteiger partial charge in [0.2, 0.25) is 5.95 Å². The van der Waals surface area contributed by atoms with Crippen LogP contribution in [0.15, 0.2) is 60.9 Å². The molecule has 0 fully saturated rings. The second-order valence-electron chi connectivity index (χ2n) is 4.26. The zero-order valence-electron chi connectivity index (χ0n) is 10.7. The number of fused-ring (bicyclic) bond motifs is 1. The van der Waals surface area contributed by atoms with Crippen LogP contribution >= 0.6 is 0 Å². The molecule has 100 valence electrons. The Balaban J connectivity index is 1.64. The van der Waals surface area contributed by atoms with Gasteiger partial charge in [-0.15, -0.1) is 0 Å². The molecule has 20 heavy (non-hydrogen) atoms. The van der Waals surface area contributed by atoms with Gasteiger partial charge >= 0.3 is 6.09 Å². The molecule has 0 unspecified atom stereocenters. The van der Waals surface area contributed by atoms with Crippen LogP contribution in [0.1, 0.15) is 5.56 Å². The molecule has 2 heterocycles. The maximum Gasteiger partial charge on any atom is 0.414 e. The topological polar surface area (TPSA) is 55.6 Å². The number of nitrogens with one attached hydrogen (secondary N) is 1. The van der Waals surface area contributed by atoms with Crippen LogP contribution in [0.25, 0.3) is 5.52 Å². The molecule has 1 amide bonds. The molecule has 0 atom stereocenters. The van der Waals surface area contributed by atoms with Crippen LogP contribution in [0.2, 0.25) is 0 Å². The molecule has 3 rings (SSSR count). The number of hydrogen-bond donors (Lipinski definition) is 1.